The first-order valence-electron chi connectivity index (χ1n) is 7.16. The molecule has 2 aromatic rings. The number of carbonyl (C=O) groups is 2. The average Bonchev–Trinajstić information content (AvgIpc) is 3.06. The molecule has 110 valence electrons. The van der Waals surface area contributed by atoms with Crippen molar-refractivity contribution < 1.29 is 14.7 Å². The molecular formula is C16H18N2O3. The largest absolute Gasteiger partial charge is 0.480 e. The summed E-state index contributed by atoms with van der Waals surface area (Å²) in [6, 6.07) is 5.31. The molecule has 0 aliphatic carbocycles. The predicted molar refractivity (Wildman–Crippen MR) is 79.1 cm³/mol. The first-order chi connectivity index (χ1) is 10.1. The van der Waals surface area contributed by atoms with E-state index in [1.807, 2.05) is 31.3 Å². The van der Waals surface area contributed by atoms with E-state index in [0.29, 0.717) is 13.0 Å². The Balaban J connectivity index is 1.84. The van der Waals surface area contributed by atoms with E-state index in [-0.39, 0.29) is 12.3 Å². The molecular weight excluding hydrogens is 268 g/mol. The lowest BCUT2D eigenvalue weighted by atomic mass is 10.1. The lowest BCUT2D eigenvalue weighted by Gasteiger charge is -2.21. The molecule has 3 rings (SSSR count). The number of H-pyrrole nitrogens is 1. The quantitative estimate of drug-likeness (QED) is 0.907. The number of hydrogen-bond donors (Lipinski definition) is 2. The SMILES string of the molecule is Cc1cccc2c(CC(=O)N3CCC[C@H]3C(=O)O)c[nH]c12. The zero-order valence-electron chi connectivity index (χ0n) is 11.9. The molecule has 5 heteroatoms. The number of hydrogen-bond acceptors (Lipinski definition) is 2. The van der Waals surface area contributed by atoms with Gasteiger partial charge in [-0.2, -0.15) is 0 Å². The van der Waals surface area contributed by atoms with Gasteiger partial charge in [-0.3, -0.25) is 4.79 Å². The van der Waals surface area contributed by atoms with Gasteiger partial charge in [0.15, 0.2) is 0 Å². The maximum Gasteiger partial charge on any atom is 0.326 e. The number of nitrogens with zero attached hydrogens (tertiary/aromatic N) is 1. The van der Waals surface area contributed by atoms with Crippen molar-refractivity contribution in [2.75, 3.05) is 6.54 Å². The number of benzene rings is 1. The summed E-state index contributed by atoms with van der Waals surface area (Å²) < 4.78 is 0. The van der Waals surface area contributed by atoms with E-state index >= 15 is 0 Å². The summed E-state index contributed by atoms with van der Waals surface area (Å²) in [7, 11) is 0. The van der Waals surface area contributed by atoms with Crippen LogP contribution >= 0.6 is 0 Å². The van der Waals surface area contributed by atoms with Crippen LogP contribution in [-0.4, -0.2) is 39.5 Å². The lowest BCUT2D eigenvalue weighted by molar-refractivity contribution is -0.147. The van der Waals surface area contributed by atoms with Crippen LogP contribution in [0.1, 0.15) is 24.0 Å². The van der Waals surface area contributed by atoms with Crippen molar-refractivity contribution in [3.8, 4) is 0 Å². The summed E-state index contributed by atoms with van der Waals surface area (Å²) in [4.78, 5) is 28.3. The molecule has 1 fully saturated rings. The zero-order chi connectivity index (χ0) is 15.0. The van der Waals surface area contributed by atoms with E-state index in [1.54, 1.807) is 0 Å². The van der Waals surface area contributed by atoms with Crippen LogP contribution in [0.2, 0.25) is 0 Å². The van der Waals surface area contributed by atoms with Gasteiger partial charge in [0.25, 0.3) is 0 Å². The average molecular weight is 286 g/mol. The third-order valence-electron chi connectivity index (χ3n) is 4.21. The van der Waals surface area contributed by atoms with Crippen LogP contribution in [-0.2, 0) is 16.0 Å². The Morgan fingerprint density at radius 3 is 3.00 bits per heavy atom. The molecule has 0 radical (unpaired) electrons. The maximum absolute atomic E-state index is 12.4. The second-order valence-corrected chi connectivity index (χ2v) is 5.57. The number of carboxylic acid groups (broad SMARTS) is 1. The standard InChI is InChI=1S/C16H18N2O3/c1-10-4-2-5-12-11(9-17-15(10)12)8-14(19)18-7-3-6-13(18)16(20)21/h2,4-5,9,13,17H,3,6-8H2,1H3,(H,20,21)/t13-/m0/s1. The van der Waals surface area contributed by atoms with Gasteiger partial charge in [0.1, 0.15) is 6.04 Å². The van der Waals surface area contributed by atoms with Gasteiger partial charge in [-0.05, 0) is 30.9 Å². The monoisotopic (exact) mass is 286 g/mol. The highest BCUT2D eigenvalue weighted by Gasteiger charge is 2.33. The Kier molecular flexibility index (Phi) is 3.41. The van der Waals surface area contributed by atoms with Gasteiger partial charge in [0.05, 0.1) is 6.42 Å². The Morgan fingerprint density at radius 1 is 1.43 bits per heavy atom. The molecule has 1 atom stereocenters. The lowest BCUT2D eigenvalue weighted by Crippen LogP contribution is -2.41. The van der Waals surface area contributed by atoms with Crippen molar-refractivity contribution in [1.82, 2.24) is 9.88 Å². The van der Waals surface area contributed by atoms with E-state index in [4.69, 9.17) is 5.11 Å². The van der Waals surface area contributed by atoms with Crippen molar-refractivity contribution in [3.63, 3.8) is 0 Å². The van der Waals surface area contributed by atoms with Crippen LogP contribution in [0.5, 0.6) is 0 Å². The fourth-order valence-electron chi connectivity index (χ4n) is 3.10. The molecule has 2 N–H and O–H groups in total. The normalized spacial score (nSPS) is 18.3. The van der Waals surface area contributed by atoms with Gasteiger partial charge >= 0.3 is 5.97 Å². The Bertz CT molecular complexity index is 705. The molecule has 0 bridgehead atoms. The molecule has 0 spiro atoms. The van der Waals surface area contributed by atoms with E-state index in [2.05, 4.69) is 4.98 Å². The number of para-hydroxylation sites is 1. The second kappa shape index (κ2) is 5.24. The molecule has 21 heavy (non-hydrogen) atoms. The summed E-state index contributed by atoms with van der Waals surface area (Å²) in [6.45, 7) is 2.56. The van der Waals surface area contributed by atoms with Crippen molar-refractivity contribution in [3.05, 3.63) is 35.5 Å². The minimum Gasteiger partial charge on any atom is -0.480 e. The van der Waals surface area contributed by atoms with Gasteiger partial charge in [-0.1, -0.05) is 18.2 Å². The van der Waals surface area contributed by atoms with Gasteiger partial charge in [0.2, 0.25) is 5.91 Å². The van der Waals surface area contributed by atoms with E-state index in [9.17, 15) is 9.59 Å². The highest BCUT2D eigenvalue weighted by atomic mass is 16.4. The molecule has 5 nitrogen and oxygen atoms in total. The number of aromatic nitrogens is 1. The summed E-state index contributed by atoms with van der Waals surface area (Å²) >= 11 is 0. The van der Waals surface area contributed by atoms with Crippen molar-refractivity contribution in [2.45, 2.75) is 32.2 Å². The third-order valence-corrected chi connectivity index (χ3v) is 4.21. The van der Waals surface area contributed by atoms with Crippen LogP contribution in [0.4, 0.5) is 0 Å². The molecule has 1 aromatic carbocycles. The van der Waals surface area contributed by atoms with Gasteiger partial charge < -0.3 is 15.0 Å². The number of carbonyl (C=O) groups excluding carboxylic acids is 1. The van der Waals surface area contributed by atoms with Crippen LogP contribution in [0.15, 0.2) is 24.4 Å². The van der Waals surface area contributed by atoms with E-state index < -0.39 is 12.0 Å². The number of carboxylic acids is 1. The number of amides is 1. The van der Waals surface area contributed by atoms with Crippen molar-refractivity contribution >= 4 is 22.8 Å². The zero-order valence-corrected chi connectivity index (χ0v) is 11.9. The van der Waals surface area contributed by atoms with E-state index in [1.165, 1.54) is 4.90 Å². The highest BCUT2D eigenvalue weighted by molar-refractivity contribution is 5.92. The van der Waals surface area contributed by atoms with Crippen molar-refractivity contribution in [1.29, 1.82) is 0 Å². The second-order valence-electron chi connectivity index (χ2n) is 5.57. The fraction of sp³-hybridized carbons (Fsp3) is 0.375. The summed E-state index contributed by atoms with van der Waals surface area (Å²) in [5, 5.41) is 10.2. The van der Waals surface area contributed by atoms with Gasteiger partial charge in [-0.15, -0.1) is 0 Å². The Hall–Kier alpha value is -2.30. The number of rotatable bonds is 3. The maximum atomic E-state index is 12.4. The number of aromatic amines is 1. The molecule has 0 unspecified atom stereocenters. The predicted octanol–water partition coefficient (Wildman–Crippen LogP) is 2.09. The van der Waals surface area contributed by atoms with Gasteiger partial charge in [-0.25, -0.2) is 4.79 Å². The highest BCUT2D eigenvalue weighted by Crippen LogP contribution is 2.24. The molecule has 1 aliphatic heterocycles. The minimum atomic E-state index is -0.907. The first kappa shape index (κ1) is 13.7. The summed E-state index contributed by atoms with van der Waals surface area (Å²) in [6.07, 6.45) is 3.40. The van der Waals surface area contributed by atoms with Crippen molar-refractivity contribution in [2.24, 2.45) is 0 Å². The Labute approximate surface area is 122 Å². The van der Waals surface area contributed by atoms with Crippen LogP contribution in [0.25, 0.3) is 10.9 Å². The number of likely N-dealkylation sites (tertiary alicyclic amines) is 1. The molecule has 1 aromatic heterocycles. The fourth-order valence-corrected chi connectivity index (χ4v) is 3.10. The number of aryl methyl sites for hydroxylation is 1. The number of aliphatic carboxylic acids is 1. The first-order valence-corrected chi connectivity index (χ1v) is 7.16. The molecule has 1 amide bonds. The number of fused-ring (bicyclic) bond motifs is 1. The van der Waals surface area contributed by atoms with Gasteiger partial charge in [0, 0.05) is 23.6 Å². The molecule has 1 aliphatic rings. The van der Waals surface area contributed by atoms with Crippen LogP contribution < -0.4 is 0 Å². The van der Waals surface area contributed by atoms with Crippen LogP contribution in [0, 0.1) is 6.92 Å². The minimum absolute atomic E-state index is 0.109. The molecule has 2 heterocycles. The van der Waals surface area contributed by atoms with Crippen LogP contribution in [0.3, 0.4) is 0 Å². The smallest absolute Gasteiger partial charge is 0.326 e. The summed E-state index contributed by atoms with van der Waals surface area (Å²) in [5.74, 6) is -1.02. The Morgan fingerprint density at radius 2 is 2.24 bits per heavy atom. The summed E-state index contributed by atoms with van der Waals surface area (Å²) in [5.41, 5.74) is 3.10. The van der Waals surface area contributed by atoms with E-state index in [0.717, 1.165) is 28.5 Å². The molecule has 1 saturated heterocycles. The number of nitrogens with one attached hydrogen (secondary N) is 1. The molecule has 0 saturated carbocycles. The third kappa shape index (κ3) is 2.39. The topological polar surface area (TPSA) is 73.4 Å².